The number of amides is 3. The van der Waals surface area contributed by atoms with Gasteiger partial charge in [-0.1, -0.05) is 0 Å². The Labute approximate surface area is 208 Å². The Morgan fingerprint density at radius 2 is 1.31 bits per heavy atom. The zero-order chi connectivity index (χ0) is 27.7. The third kappa shape index (κ3) is 14.0. The fourth-order valence-corrected chi connectivity index (χ4v) is 2.97. The summed E-state index contributed by atoms with van der Waals surface area (Å²) in [6, 6.07) is -5.14. The van der Waals surface area contributed by atoms with Gasteiger partial charge in [0.2, 0.25) is 17.7 Å². The van der Waals surface area contributed by atoms with Gasteiger partial charge in [0.05, 0.1) is 6.61 Å². The minimum atomic E-state index is -1.49. The number of nitrogens with two attached hydrogens (primary N) is 4. The van der Waals surface area contributed by atoms with E-state index in [1.165, 1.54) is 0 Å². The van der Waals surface area contributed by atoms with Gasteiger partial charge in [0.1, 0.15) is 24.2 Å². The lowest BCUT2D eigenvalue weighted by Gasteiger charge is -2.25. The predicted molar refractivity (Wildman–Crippen MR) is 128 cm³/mol. The lowest BCUT2D eigenvalue weighted by Crippen LogP contribution is -2.57. The molecule has 4 atom stereocenters. The van der Waals surface area contributed by atoms with Crippen LogP contribution in [0.2, 0.25) is 0 Å². The van der Waals surface area contributed by atoms with Crippen LogP contribution in [0, 0.1) is 0 Å². The normalized spacial score (nSPS) is 14.0. The number of aliphatic hydroxyl groups is 1. The average molecular weight is 519 g/mol. The summed E-state index contributed by atoms with van der Waals surface area (Å²) in [5.74, 6) is -5.22. The minimum Gasteiger partial charge on any atom is -0.481 e. The largest absolute Gasteiger partial charge is 0.481 e. The average Bonchev–Trinajstić information content (AvgIpc) is 2.81. The molecule has 0 fully saturated rings. The van der Waals surface area contributed by atoms with Crippen molar-refractivity contribution in [2.24, 2.45) is 27.9 Å². The summed E-state index contributed by atoms with van der Waals surface area (Å²) < 4.78 is 0. The molecule has 206 valence electrons. The van der Waals surface area contributed by atoms with E-state index in [0.29, 0.717) is 19.4 Å². The molecule has 0 aliphatic rings. The molecule has 3 amide bonds. The van der Waals surface area contributed by atoms with Crippen LogP contribution in [0.4, 0.5) is 0 Å². The zero-order valence-corrected chi connectivity index (χ0v) is 20.0. The SMILES string of the molecule is NCCCCC(NC(=O)C(CCCN=C(N)N)NC(=O)C(N)CO)C(=O)NC(CCC(=O)O)C(=O)O. The number of aliphatic imine (C=N–C) groups is 1. The molecule has 36 heavy (non-hydrogen) atoms. The maximum absolute atomic E-state index is 13.0. The standard InChI is InChI=1S/C20H38N8O8/c21-8-2-1-4-12(18(34)28-14(19(35)36)6-7-15(30)31)27-17(33)13(5-3-9-25-20(23)24)26-16(32)11(22)10-29/h11-14,29H,1-10,21-22H2,(H,26,32)(H,27,33)(H,28,34)(H,30,31)(H,35,36)(H4,23,24,25). The molecule has 0 saturated carbocycles. The summed E-state index contributed by atoms with van der Waals surface area (Å²) >= 11 is 0. The third-order valence-electron chi connectivity index (χ3n) is 4.95. The molecule has 0 radical (unpaired) electrons. The number of rotatable bonds is 19. The molecule has 16 heteroatoms. The minimum absolute atomic E-state index is 0.0556. The van der Waals surface area contributed by atoms with E-state index in [1.807, 2.05) is 0 Å². The van der Waals surface area contributed by atoms with Crippen molar-refractivity contribution in [3.63, 3.8) is 0 Å². The van der Waals surface area contributed by atoms with E-state index in [-0.39, 0.29) is 38.2 Å². The first-order valence-corrected chi connectivity index (χ1v) is 11.4. The summed E-state index contributed by atoms with van der Waals surface area (Å²) in [5, 5.41) is 34.4. The summed E-state index contributed by atoms with van der Waals surface area (Å²) in [7, 11) is 0. The van der Waals surface area contributed by atoms with Crippen molar-refractivity contribution < 1.29 is 39.3 Å². The first kappa shape index (κ1) is 32.5. The fourth-order valence-electron chi connectivity index (χ4n) is 2.97. The number of hydrogen-bond acceptors (Lipinski definition) is 9. The molecular formula is C20H38N8O8. The van der Waals surface area contributed by atoms with E-state index < -0.39 is 66.9 Å². The Balaban J connectivity index is 5.56. The maximum Gasteiger partial charge on any atom is 0.326 e. The fraction of sp³-hybridized carbons (Fsp3) is 0.700. The smallest absolute Gasteiger partial charge is 0.326 e. The van der Waals surface area contributed by atoms with E-state index in [9.17, 15) is 29.1 Å². The predicted octanol–water partition coefficient (Wildman–Crippen LogP) is -4.11. The number of carboxylic acid groups (broad SMARTS) is 2. The molecule has 0 bridgehead atoms. The quantitative estimate of drug-likeness (QED) is 0.0443. The summed E-state index contributed by atoms with van der Waals surface area (Å²) in [6.45, 7) is -0.190. The number of aliphatic hydroxyl groups excluding tert-OH is 1. The van der Waals surface area contributed by atoms with Crippen LogP contribution in [0.5, 0.6) is 0 Å². The highest BCUT2D eigenvalue weighted by Crippen LogP contribution is 2.07. The van der Waals surface area contributed by atoms with Gasteiger partial charge in [-0.25, -0.2) is 4.79 Å². The Morgan fingerprint density at radius 3 is 1.78 bits per heavy atom. The molecule has 0 rings (SSSR count). The maximum atomic E-state index is 13.0. The number of hydrogen-bond donors (Lipinski definition) is 10. The van der Waals surface area contributed by atoms with E-state index in [0.717, 1.165) is 0 Å². The topological polar surface area (TPSA) is 299 Å². The van der Waals surface area contributed by atoms with Crippen LogP contribution < -0.4 is 38.9 Å². The van der Waals surface area contributed by atoms with Gasteiger partial charge in [0.15, 0.2) is 5.96 Å². The highest BCUT2D eigenvalue weighted by Gasteiger charge is 2.30. The number of nitrogens with one attached hydrogen (secondary N) is 3. The molecule has 0 heterocycles. The lowest BCUT2D eigenvalue weighted by atomic mass is 10.0. The molecular weight excluding hydrogens is 480 g/mol. The Morgan fingerprint density at radius 1 is 0.778 bits per heavy atom. The molecule has 4 unspecified atom stereocenters. The van der Waals surface area contributed by atoms with Gasteiger partial charge in [0.25, 0.3) is 0 Å². The Bertz CT molecular complexity index is 775. The molecule has 0 spiro atoms. The first-order chi connectivity index (χ1) is 16.9. The van der Waals surface area contributed by atoms with Gasteiger partial charge in [-0.3, -0.25) is 24.2 Å². The van der Waals surface area contributed by atoms with E-state index >= 15 is 0 Å². The number of unbranched alkanes of at least 4 members (excludes halogenated alkanes) is 1. The van der Waals surface area contributed by atoms with Gasteiger partial charge in [0, 0.05) is 13.0 Å². The second kappa shape index (κ2) is 17.9. The van der Waals surface area contributed by atoms with Crippen molar-refractivity contribution in [1.29, 1.82) is 0 Å². The first-order valence-electron chi connectivity index (χ1n) is 11.4. The van der Waals surface area contributed by atoms with Crippen LogP contribution in [-0.4, -0.2) is 94.8 Å². The summed E-state index contributed by atoms with van der Waals surface area (Å²) in [6.07, 6.45) is 0.512. The molecule has 0 aromatic heterocycles. The highest BCUT2D eigenvalue weighted by atomic mass is 16.4. The number of carbonyl (C=O) groups excluding carboxylic acids is 3. The highest BCUT2D eigenvalue weighted by molar-refractivity contribution is 5.94. The van der Waals surface area contributed by atoms with Crippen molar-refractivity contribution in [3.8, 4) is 0 Å². The molecule has 0 aliphatic heterocycles. The van der Waals surface area contributed by atoms with Crippen molar-refractivity contribution in [1.82, 2.24) is 16.0 Å². The molecule has 0 saturated heterocycles. The number of carbonyl (C=O) groups is 5. The van der Waals surface area contributed by atoms with E-state index in [4.69, 9.17) is 33.1 Å². The van der Waals surface area contributed by atoms with Crippen LogP contribution in [0.15, 0.2) is 4.99 Å². The van der Waals surface area contributed by atoms with Crippen LogP contribution in [-0.2, 0) is 24.0 Å². The van der Waals surface area contributed by atoms with Crippen molar-refractivity contribution in [3.05, 3.63) is 0 Å². The second-order valence-electron chi connectivity index (χ2n) is 7.98. The molecule has 14 N–H and O–H groups in total. The van der Waals surface area contributed by atoms with Gasteiger partial charge in [-0.15, -0.1) is 0 Å². The van der Waals surface area contributed by atoms with E-state index in [1.54, 1.807) is 0 Å². The molecule has 16 nitrogen and oxygen atoms in total. The second-order valence-corrected chi connectivity index (χ2v) is 7.98. The summed E-state index contributed by atoms with van der Waals surface area (Å²) in [4.78, 5) is 64.0. The molecule has 0 aliphatic carbocycles. The lowest BCUT2D eigenvalue weighted by molar-refractivity contribution is -0.143. The summed E-state index contributed by atoms with van der Waals surface area (Å²) in [5.41, 5.74) is 21.5. The van der Waals surface area contributed by atoms with Crippen LogP contribution >= 0.6 is 0 Å². The van der Waals surface area contributed by atoms with Crippen molar-refractivity contribution in [2.45, 2.75) is 69.1 Å². The third-order valence-corrected chi connectivity index (χ3v) is 4.95. The Hall–Kier alpha value is -3.50. The number of carboxylic acids is 2. The van der Waals surface area contributed by atoms with Crippen LogP contribution in [0.25, 0.3) is 0 Å². The van der Waals surface area contributed by atoms with Crippen molar-refractivity contribution >= 4 is 35.6 Å². The Kier molecular flexibility index (Phi) is 16.1. The monoisotopic (exact) mass is 518 g/mol. The van der Waals surface area contributed by atoms with Crippen molar-refractivity contribution in [2.75, 3.05) is 19.7 Å². The number of nitrogens with zero attached hydrogens (tertiary/aromatic N) is 1. The van der Waals surface area contributed by atoms with Crippen LogP contribution in [0.3, 0.4) is 0 Å². The number of aliphatic carboxylic acids is 2. The van der Waals surface area contributed by atoms with Gasteiger partial charge >= 0.3 is 11.9 Å². The zero-order valence-electron chi connectivity index (χ0n) is 20.0. The van der Waals surface area contributed by atoms with Crippen LogP contribution in [0.1, 0.15) is 44.9 Å². The van der Waals surface area contributed by atoms with Gasteiger partial charge in [-0.05, 0) is 45.1 Å². The van der Waals surface area contributed by atoms with E-state index in [2.05, 4.69) is 20.9 Å². The number of guanidine groups is 1. The van der Waals surface area contributed by atoms with Gasteiger partial charge in [-0.2, -0.15) is 0 Å². The van der Waals surface area contributed by atoms with Gasteiger partial charge < -0.3 is 54.2 Å². The molecule has 0 aromatic carbocycles. The molecule has 0 aromatic rings.